The molecule has 0 fully saturated rings. The van der Waals surface area contributed by atoms with Crippen molar-refractivity contribution in [3.63, 3.8) is 0 Å². The molecule has 0 aliphatic carbocycles. The Morgan fingerprint density at radius 2 is 2.37 bits per heavy atom. The van der Waals surface area contributed by atoms with E-state index in [0.29, 0.717) is 11.4 Å². The Kier molecular flexibility index (Phi) is 3.24. The van der Waals surface area contributed by atoms with Crippen LogP contribution in [-0.4, -0.2) is 11.5 Å². The lowest BCUT2D eigenvalue weighted by molar-refractivity contribution is 0.563. The molecule has 1 aliphatic rings. The number of anilines is 1. The second-order valence-electron chi connectivity index (χ2n) is 4.73. The van der Waals surface area contributed by atoms with Crippen molar-refractivity contribution < 1.29 is 4.39 Å². The van der Waals surface area contributed by atoms with Crippen molar-refractivity contribution in [2.75, 3.05) is 11.4 Å². The normalized spacial score (nSPS) is 18.5. The molecule has 100 valence electrons. The van der Waals surface area contributed by atoms with Crippen LogP contribution in [0.5, 0.6) is 0 Å². The lowest BCUT2D eigenvalue weighted by atomic mass is 10.0. The monoisotopic (exact) mass is 277 g/mol. The summed E-state index contributed by atoms with van der Waals surface area (Å²) < 4.78 is 14.4. The van der Waals surface area contributed by atoms with E-state index >= 15 is 0 Å². The van der Waals surface area contributed by atoms with E-state index < -0.39 is 0 Å². The van der Waals surface area contributed by atoms with Gasteiger partial charge in [-0.3, -0.25) is 0 Å². The van der Waals surface area contributed by atoms with E-state index in [1.807, 2.05) is 4.90 Å². The predicted octanol–water partition coefficient (Wildman–Crippen LogP) is 2.86. The number of nitrogens with zero attached hydrogens (tertiary/aromatic N) is 2. The number of hydrogen-bond donors (Lipinski definition) is 1. The van der Waals surface area contributed by atoms with E-state index in [1.54, 1.807) is 23.6 Å². The number of nitrogens with two attached hydrogens (primary N) is 1. The number of hydrogen-bond acceptors (Lipinski definition) is 4. The third kappa shape index (κ3) is 2.03. The highest BCUT2D eigenvalue weighted by Crippen LogP contribution is 2.36. The van der Waals surface area contributed by atoms with Crippen molar-refractivity contribution in [1.82, 2.24) is 4.98 Å². The first-order valence-electron chi connectivity index (χ1n) is 6.38. The Morgan fingerprint density at radius 3 is 3.16 bits per heavy atom. The topological polar surface area (TPSA) is 42.2 Å². The smallest absolute Gasteiger partial charge is 0.170 e. The van der Waals surface area contributed by atoms with Gasteiger partial charge < -0.3 is 10.6 Å². The first-order chi connectivity index (χ1) is 9.22. The molecule has 0 spiro atoms. The summed E-state index contributed by atoms with van der Waals surface area (Å²) in [7, 11) is 0. The molecule has 2 aromatic heterocycles. The number of fused-ring (bicyclic) bond motifs is 1. The molecule has 0 aromatic carbocycles. The van der Waals surface area contributed by atoms with Gasteiger partial charge in [-0.2, -0.15) is 0 Å². The molecule has 0 saturated carbocycles. The molecule has 0 amide bonds. The van der Waals surface area contributed by atoms with Gasteiger partial charge >= 0.3 is 0 Å². The van der Waals surface area contributed by atoms with E-state index in [-0.39, 0.29) is 18.4 Å². The summed E-state index contributed by atoms with van der Waals surface area (Å²) in [6.07, 6.45) is 2.59. The van der Waals surface area contributed by atoms with Crippen molar-refractivity contribution in [2.45, 2.75) is 25.9 Å². The minimum atomic E-state index is -0.282. The Balaban J connectivity index is 2.00. The number of rotatable bonds is 2. The highest BCUT2D eigenvalue weighted by Gasteiger charge is 2.28. The summed E-state index contributed by atoms with van der Waals surface area (Å²) in [5, 5.41) is 2.10. The van der Waals surface area contributed by atoms with Gasteiger partial charge in [0, 0.05) is 29.7 Å². The minimum Gasteiger partial charge on any atom is -0.347 e. The third-order valence-corrected chi connectivity index (χ3v) is 4.72. The van der Waals surface area contributed by atoms with Crippen LogP contribution >= 0.6 is 11.3 Å². The molecule has 2 aromatic rings. The lowest BCUT2D eigenvalue weighted by Crippen LogP contribution is -2.34. The maximum atomic E-state index is 14.4. The summed E-state index contributed by atoms with van der Waals surface area (Å²) in [5.41, 5.74) is 7.37. The molecular formula is C14H16FN3S. The number of aromatic nitrogens is 1. The molecule has 0 bridgehead atoms. The van der Waals surface area contributed by atoms with Crippen molar-refractivity contribution in [2.24, 2.45) is 5.73 Å². The van der Waals surface area contributed by atoms with Crippen LogP contribution in [0.2, 0.25) is 0 Å². The van der Waals surface area contributed by atoms with Crippen molar-refractivity contribution >= 4 is 17.2 Å². The minimum absolute atomic E-state index is 0.157. The zero-order valence-corrected chi connectivity index (χ0v) is 11.6. The fraction of sp³-hybridized carbons (Fsp3) is 0.357. The van der Waals surface area contributed by atoms with Gasteiger partial charge in [0.1, 0.15) is 0 Å². The van der Waals surface area contributed by atoms with Gasteiger partial charge in [-0.15, -0.1) is 11.3 Å². The van der Waals surface area contributed by atoms with Crippen LogP contribution in [0, 0.1) is 5.82 Å². The van der Waals surface area contributed by atoms with E-state index in [4.69, 9.17) is 5.73 Å². The van der Waals surface area contributed by atoms with Crippen LogP contribution < -0.4 is 10.6 Å². The highest BCUT2D eigenvalue weighted by atomic mass is 32.1. The summed E-state index contributed by atoms with van der Waals surface area (Å²) >= 11 is 1.78. The fourth-order valence-corrected chi connectivity index (χ4v) is 3.59. The van der Waals surface area contributed by atoms with E-state index in [0.717, 1.165) is 13.0 Å². The fourth-order valence-electron chi connectivity index (χ4n) is 2.63. The Bertz CT molecular complexity index is 596. The van der Waals surface area contributed by atoms with Crippen molar-refractivity contribution in [1.29, 1.82) is 0 Å². The molecule has 1 aliphatic heterocycles. The summed E-state index contributed by atoms with van der Waals surface area (Å²) in [6, 6.07) is 3.93. The third-order valence-electron chi connectivity index (χ3n) is 3.72. The molecular weight excluding hydrogens is 261 g/mol. The Morgan fingerprint density at radius 1 is 1.53 bits per heavy atom. The second kappa shape index (κ2) is 4.90. The molecule has 0 saturated heterocycles. The molecule has 5 heteroatoms. The van der Waals surface area contributed by atoms with Crippen LogP contribution in [0.15, 0.2) is 23.7 Å². The first kappa shape index (κ1) is 12.6. The average Bonchev–Trinajstić information content (AvgIpc) is 2.89. The van der Waals surface area contributed by atoms with E-state index in [1.165, 1.54) is 10.4 Å². The number of halogens is 1. The molecule has 0 radical (unpaired) electrons. The first-order valence-corrected chi connectivity index (χ1v) is 7.26. The zero-order chi connectivity index (χ0) is 13.4. The van der Waals surface area contributed by atoms with Gasteiger partial charge in [-0.25, -0.2) is 9.37 Å². The van der Waals surface area contributed by atoms with E-state index in [2.05, 4.69) is 23.4 Å². The van der Waals surface area contributed by atoms with Crippen molar-refractivity contribution in [3.05, 3.63) is 45.5 Å². The standard InChI is InChI=1S/C14H16FN3S/c1-9-11-4-7-19-12(11)3-6-18(9)14-13(15)10(8-16)2-5-17-14/h2,4-5,7,9H,3,6,8,16H2,1H3. The van der Waals surface area contributed by atoms with Gasteiger partial charge in [0.15, 0.2) is 11.6 Å². The van der Waals surface area contributed by atoms with Crippen LogP contribution in [0.4, 0.5) is 10.2 Å². The second-order valence-corrected chi connectivity index (χ2v) is 5.73. The van der Waals surface area contributed by atoms with Crippen LogP contribution in [-0.2, 0) is 13.0 Å². The summed E-state index contributed by atoms with van der Waals surface area (Å²) in [4.78, 5) is 7.65. The van der Waals surface area contributed by atoms with E-state index in [9.17, 15) is 4.39 Å². The molecule has 19 heavy (non-hydrogen) atoms. The maximum absolute atomic E-state index is 14.4. The summed E-state index contributed by atoms with van der Waals surface area (Å²) in [6.45, 7) is 3.10. The lowest BCUT2D eigenvalue weighted by Gasteiger charge is -2.35. The van der Waals surface area contributed by atoms with Gasteiger partial charge in [-0.1, -0.05) is 0 Å². The molecule has 3 rings (SSSR count). The van der Waals surface area contributed by atoms with Gasteiger partial charge in [0.2, 0.25) is 0 Å². The molecule has 1 atom stereocenters. The molecule has 2 N–H and O–H groups in total. The maximum Gasteiger partial charge on any atom is 0.170 e. The number of pyridine rings is 1. The van der Waals surface area contributed by atoms with Crippen LogP contribution in [0.1, 0.15) is 29.0 Å². The molecule has 1 unspecified atom stereocenters. The molecule has 3 heterocycles. The van der Waals surface area contributed by atoms with Gasteiger partial charge in [0.25, 0.3) is 0 Å². The quantitative estimate of drug-likeness (QED) is 0.918. The van der Waals surface area contributed by atoms with Gasteiger partial charge in [0.05, 0.1) is 6.04 Å². The van der Waals surface area contributed by atoms with Crippen molar-refractivity contribution in [3.8, 4) is 0 Å². The van der Waals surface area contributed by atoms with Crippen LogP contribution in [0.25, 0.3) is 0 Å². The molecule has 3 nitrogen and oxygen atoms in total. The Labute approximate surface area is 115 Å². The highest BCUT2D eigenvalue weighted by molar-refractivity contribution is 7.10. The van der Waals surface area contributed by atoms with Crippen LogP contribution in [0.3, 0.4) is 0 Å². The SMILES string of the molecule is CC1c2ccsc2CCN1c1nccc(CN)c1F. The summed E-state index contributed by atoms with van der Waals surface area (Å²) in [5.74, 6) is 0.142. The average molecular weight is 277 g/mol. The Hall–Kier alpha value is -1.46. The number of thiophene rings is 1. The largest absolute Gasteiger partial charge is 0.347 e. The van der Waals surface area contributed by atoms with Gasteiger partial charge in [-0.05, 0) is 36.4 Å². The predicted molar refractivity (Wildman–Crippen MR) is 75.9 cm³/mol. The zero-order valence-electron chi connectivity index (χ0n) is 10.8.